The molecule has 0 amide bonds. The Morgan fingerprint density at radius 2 is 2.07 bits per heavy atom. The van der Waals surface area contributed by atoms with Crippen LogP contribution >= 0.6 is 15.9 Å². The van der Waals surface area contributed by atoms with Gasteiger partial charge in [-0.15, -0.1) is 0 Å². The van der Waals surface area contributed by atoms with Crippen molar-refractivity contribution in [2.75, 3.05) is 5.32 Å². The van der Waals surface area contributed by atoms with Crippen molar-refractivity contribution in [1.82, 2.24) is 0 Å². The lowest BCUT2D eigenvalue weighted by atomic mass is 10.1. The predicted molar refractivity (Wildman–Crippen MR) is 71.5 cm³/mol. The first-order valence-corrected chi connectivity index (χ1v) is 6.45. The molecule has 1 atom stereocenters. The number of benzene rings is 1. The number of hydrogen-bond donors (Lipinski definition) is 1. The zero-order valence-electron chi connectivity index (χ0n) is 9.81. The first-order chi connectivity index (χ1) is 7.11. The van der Waals surface area contributed by atoms with Crippen molar-refractivity contribution >= 4 is 21.6 Å². The Morgan fingerprint density at radius 1 is 1.33 bits per heavy atom. The topological polar surface area (TPSA) is 12.0 Å². The molecule has 0 bridgehead atoms. The Labute approximate surface area is 101 Å². The quantitative estimate of drug-likeness (QED) is 0.814. The molecule has 2 heteroatoms. The Bertz CT molecular complexity index is 289. The molecule has 84 valence electrons. The van der Waals surface area contributed by atoms with Crippen LogP contribution in [0.3, 0.4) is 0 Å². The molecule has 0 aliphatic heterocycles. The Hall–Kier alpha value is -0.500. The lowest BCUT2D eigenvalue weighted by Gasteiger charge is -2.15. The molecule has 0 saturated heterocycles. The summed E-state index contributed by atoms with van der Waals surface area (Å²) in [6.07, 6.45) is 3.80. The number of anilines is 1. The van der Waals surface area contributed by atoms with Crippen LogP contribution in [-0.2, 0) is 0 Å². The van der Waals surface area contributed by atoms with Crippen molar-refractivity contribution < 1.29 is 0 Å². The van der Waals surface area contributed by atoms with Crippen LogP contribution in [0, 0.1) is 6.92 Å². The van der Waals surface area contributed by atoms with Crippen molar-refractivity contribution in [1.29, 1.82) is 0 Å². The summed E-state index contributed by atoms with van der Waals surface area (Å²) >= 11 is 3.52. The average molecular weight is 270 g/mol. The van der Waals surface area contributed by atoms with E-state index in [1.54, 1.807) is 0 Å². The van der Waals surface area contributed by atoms with Crippen LogP contribution in [0.1, 0.15) is 38.7 Å². The molecule has 15 heavy (non-hydrogen) atoms. The van der Waals surface area contributed by atoms with Gasteiger partial charge in [0.25, 0.3) is 0 Å². The fraction of sp³-hybridized carbons (Fsp3) is 0.538. The highest BCUT2D eigenvalue weighted by Gasteiger charge is 2.02. The third-order valence-electron chi connectivity index (χ3n) is 2.45. The molecule has 0 heterocycles. The van der Waals surface area contributed by atoms with Crippen molar-refractivity contribution in [2.45, 2.75) is 46.1 Å². The Morgan fingerprint density at radius 3 is 2.67 bits per heavy atom. The molecule has 1 unspecified atom stereocenters. The van der Waals surface area contributed by atoms with Gasteiger partial charge in [-0.25, -0.2) is 0 Å². The van der Waals surface area contributed by atoms with Crippen LogP contribution in [0.5, 0.6) is 0 Å². The van der Waals surface area contributed by atoms with E-state index in [2.05, 4.69) is 60.2 Å². The molecule has 0 aliphatic carbocycles. The molecule has 0 aromatic heterocycles. The van der Waals surface area contributed by atoms with Gasteiger partial charge in [-0.05, 0) is 44.0 Å². The van der Waals surface area contributed by atoms with Crippen LogP contribution in [0.25, 0.3) is 0 Å². The molecule has 1 aromatic carbocycles. The van der Waals surface area contributed by atoms with Crippen LogP contribution in [0.15, 0.2) is 22.7 Å². The largest absolute Gasteiger partial charge is 0.383 e. The second kappa shape index (κ2) is 6.16. The summed E-state index contributed by atoms with van der Waals surface area (Å²) in [6.45, 7) is 6.59. The van der Waals surface area contributed by atoms with Crippen LogP contribution in [-0.4, -0.2) is 6.04 Å². The summed E-state index contributed by atoms with van der Waals surface area (Å²) in [5, 5.41) is 3.53. The van der Waals surface area contributed by atoms with Crippen LogP contribution < -0.4 is 5.32 Å². The molecule has 1 nitrogen and oxygen atoms in total. The molecule has 0 aliphatic rings. The van der Waals surface area contributed by atoms with Gasteiger partial charge in [0, 0.05) is 16.2 Å². The Kier molecular flexibility index (Phi) is 5.16. The number of hydrogen-bond acceptors (Lipinski definition) is 1. The highest BCUT2D eigenvalue weighted by Crippen LogP contribution is 2.20. The SMILES string of the molecule is CCCCC(C)Nc1cc(C)cc(Br)c1. The maximum Gasteiger partial charge on any atom is 0.0356 e. The van der Waals surface area contributed by atoms with Gasteiger partial charge in [-0.2, -0.15) is 0 Å². The fourth-order valence-electron chi connectivity index (χ4n) is 1.69. The standard InChI is InChI=1S/C13H20BrN/c1-4-5-6-11(3)15-13-8-10(2)7-12(14)9-13/h7-9,11,15H,4-6H2,1-3H3. The highest BCUT2D eigenvalue weighted by atomic mass is 79.9. The summed E-state index contributed by atoms with van der Waals surface area (Å²) in [5.74, 6) is 0. The van der Waals surface area contributed by atoms with E-state index >= 15 is 0 Å². The van der Waals surface area contributed by atoms with Gasteiger partial charge in [-0.1, -0.05) is 35.7 Å². The van der Waals surface area contributed by atoms with Crippen molar-refractivity contribution in [3.05, 3.63) is 28.2 Å². The number of aryl methyl sites for hydroxylation is 1. The molecule has 0 radical (unpaired) electrons. The van der Waals surface area contributed by atoms with Gasteiger partial charge in [0.1, 0.15) is 0 Å². The van der Waals surface area contributed by atoms with E-state index in [4.69, 9.17) is 0 Å². The molecule has 0 spiro atoms. The lowest BCUT2D eigenvalue weighted by molar-refractivity contribution is 0.645. The minimum absolute atomic E-state index is 0.554. The van der Waals surface area contributed by atoms with E-state index in [1.807, 2.05) is 0 Å². The normalized spacial score (nSPS) is 12.5. The molecule has 0 fully saturated rings. The maximum absolute atomic E-state index is 3.53. The van der Waals surface area contributed by atoms with E-state index in [0.29, 0.717) is 6.04 Å². The Balaban J connectivity index is 2.56. The summed E-state index contributed by atoms with van der Waals surface area (Å²) in [7, 11) is 0. The van der Waals surface area contributed by atoms with Gasteiger partial charge in [0.05, 0.1) is 0 Å². The minimum atomic E-state index is 0.554. The van der Waals surface area contributed by atoms with E-state index in [9.17, 15) is 0 Å². The lowest BCUT2D eigenvalue weighted by Crippen LogP contribution is -2.14. The molecule has 0 saturated carbocycles. The van der Waals surface area contributed by atoms with Gasteiger partial charge in [-0.3, -0.25) is 0 Å². The smallest absolute Gasteiger partial charge is 0.0356 e. The summed E-state index contributed by atoms with van der Waals surface area (Å²) in [5.41, 5.74) is 2.50. The summed E-state index contributed by atoms with van der Waals surface area (Å²) in [6, 6.07) is 7.00. The van der Waals surface area contributed by atoms with Crippen LogP contribution in [0.2, 0.25) is 0 Å². The number of rotatable bonds is 5. The second-order valence-electron chi connectivity index (χ2n) is 4.20. The highest BCUT2D eigenvalue weighted by molar-refractivity contribution is 9.10. The minimum Gasteiger partial charge on any atom is -0.383 e. The van der Waals surface area contributed by atoms with Gasteiger partial charge in [0.2, 0.25) is 0 Å². The first-order valence-electron chi connectivity index (χ1n) is 5.65. The third kappa shape index (κ3) is 4.70. The summed E-state index contributed by atoms with van der Waals surface area (Å²) < 4.78 is 1.15. The fourth-order valence-corrected chi connectivity index (χ4v) is 2.29. The molecule has 1 N–H and O–H groups in total. The molecular formula is C13H20BrN. The number of unbranched alkanes of at least 4 members (excludes halogenated alkanes) is 1. The number of halogens is 1. The molecular weight excluding hydrogens is 250 g/mol. The molecule has 1 rings (SSSR count). The zero-order valence-corrected chi connectivity index (χ0v) is 11.4. The number of nitrogens with one attached hydrogen (secondary N) is 1. The summed E-state index contributed by atoms with van der Waals surface area (Å²) in [4.78, 5) is 0. The van der Waals surface area contributed by atoms with E-state index in [-0.39, 0.29) is 0 Å². The second-order valence-corrected chi connectivity index (χ2v) is 5.12. The predicted octanol–water partition coefficient (Wildman–Crippen LogP) is 4.75. The van der Waals surface area contributed by atoms with E-state index < -0.39 is 0 Å². The average Bonchev–Trinajstić information content (AvgIpc) is 2.13. The van der Waals surface area contributed by atoms with Crippen LogP contribution in [0.4, 0.5) is 5.69 Å². The van der Waals surface area contributed by atoms with Gasteiger partial charge < -0.3 is 5.32 Å². The van der Waals surface area contributed by atoms with E-state index in [1.165, 1.54) is 30.5 Å². The van der Waals surface area contributed by atoms with Gasteiger partial charge >= 0.3 is 0 Å². The zero-order chi connectivity index (χ0) is 11.3. The maximum atomic E-state index is 3.53. The van der Waals surface area contributed by atoms with E-state index in [0.717, 1.165) is 4.47 Å². The third-order valence-corrected chi connectivity index (χ3v) is 2.90. The van der Waals surface area contributed by atoms with Gasteiger partial charge in [0.15, 0.2) is 0 Å². The van der Waals surface area contributed by atoms with Crippen molar-refractivity contribution in [2.24, 2.45) is 0 Å². The monoisotopic (exact) mass is 269 g/mol. The van der Waals surface area contributed by atoms with Crippen molar-refractivity contribution in [3.63, 3.8) is 0 Å². The first kappa shape index (κ1) is 12.6. The van der Waals surface area contributed by atoms with Crippen molar-refractivity contribution in [3.8, 4) is 0 Å². The molecule has 1 aromatic rings.